The van der Waals surface area contributed by atoms with Gasteiger partial charge >= 0.3 is 0 Å². The third kappa shape index (κ3) is 3.12. The lowest BCUT2D eigenvalue weighted by molar-refractivity contribution is 0.271. The molecule has 1 aromatic carbocycles. The van der Waals surface area contributed by atoms with Crippen LogP contribution in [0.4, 0.5) is 5.69 Å². The zero-order chi connectivity index (χ0) is 17.7. The van der Waals surface area contributed by atoms with E-state index in [0.717, 1.165) is 29.2 Å². The molecule has 2 fully saturated rings. The Labute approximate surface area is 157 Å². The van der Waals surface area contributed by atoms with Gasteiger partial charge in [0, 0.05) is 22.1 Å². The third-order valence-electron chi connectivity index (χ3n) is 6.02. The fraction of sp³-hybridized carbons (Fsp3) is 0.600. The molecule has 25 heavy (non-hydrogen) atoms. The lowest BCUT2D eigenvalue weighted by Crippen LogP contribution is -2.24. The lowest BCUT2D eigenvalue weighted by Gasteiger charge is -2.27. The van der Waals surface area contributed by atoms with E-state index in [-0.39, 0.29) is 10.8 Å². The largest absolute Gasteiger partial charge is 0.384 e. The van der Waals surface area contributed by atoms with E-state index in [1.165, 1.54) is 31.4 Å². The molecule has 2 aliphatic rings. The second-order valence-corrected chi connectivity index (χ2v) is 9.91. The van der Waals surface area contributed by atoms with Gasteiger partial charge in [-0.05, 0) is 55.7 Å². The fourth-order valence-corrected chi connectivity index (χ4v) is 4.89. The highest BCUT2D eigenvalue weighted by Gasteiger charge is 2.57. The number of aromatic nitrogens is 2. The molecule has 0 saturated heterocycles. The number of anilines is 1. The van der Waals surface area contributed by atoms with Gasteiger partial charge in [0.25, 0.3) is 0 Å². The highest BCUT2D eigenvalue weighted by molar-refractivity contribution is 9.10. The Morgan fingerprint density at radius 1 is 1.20 bits per heavy atom. The van der Waals surface area contributed by atoms with Crippen LogP contribution in [-0.4, -0.2) is 16.7 Å². The predicted octanol–water partition coefficient (Wildman–Crippen LogP) is 5.44. The minimum Gasteiger partial charge on any atom is -0.384 e. The number of rotatable bonds is 4. The highest BCUT2D eigenvalue weighted by atomic mass is 79.9. The van der Waals surface area contributed by atoms with E-state index in [4.69, 9.17) is 9.51 Å². The first-order valence-corrected chi connectivity index (χ1v) is 9.94. The summed E-state index contributed by atoms with van der Waals surface area (Å²) < 4.78 is 6.85. The number of benzene rings is 1. The molecule has 5 heteroatoms. The summed E-state index contributed by atoms with van der Waals surface area (Å²) in [5.41, 5.74) is 1.59. The molecule has 0 atom stereocenters. The van der Waals surface area contributed by atoms with Crippen LogP contribution in [0.3, 0.4) is 0 Å². The van der Waals surface area contributed by atoms with Crippen molar-refractivity contribution in [3.8, 4) is 0 Å². The molecular formula is C20H26BrN3O. The Hall–Kier alpha value is -1.36. The minimum atomic E-state index is -0.0606. The summed E-state index contributed by atoms with van der Waals surface area (Å²) in [6.45, 7) is 7.42. The highest BCUT2D eigenvalue weighted by Crippen LogP contribution is 2.62. The Morgan fingerprint density at radius 2 is 1.96 bits per heavy atom. The van der Waals surface area contributed by atoms with E-state index >= 15 is 0 Å². The molecule has 0 aliphatic heterocycles. The van der Waals surface area contributed by atoms with Gasteiger partial charge in [0.2, 0.25) is 5.89 Å². The number of halogens is 1. The number of nitrogens with one attached hydrogen (secondary N) is 1. The molecule has 1 aromatic heterocycles. The summed E-state index contributed by atoms with van der Waals surface area (Å²) in [6, 6.07) is 8.40. The molecule has 0 unspecified atom stereocenters. The van der Waals surface area contributed by atoms with Crippen molar-refractivity contribution in [3.05, 3.63) is 40.5 Å². The smallest absolute Gasteiger partial charge is 0.232 e. The maximum absolute atomic E-state index is 5.73. The van der Waals surface area contributed by atoms with E-state index in [1.807, 2.05) is 0 Å². The van der Waals surface area contributed by atoms with Gasteiger partial charge in [0.05, 0.1) is 5.41 Å². The number of hydrogen-bond acceptors (Lipinski definition) is 4. The van der Waals surface area contributed by atoms with Crippen molar-refractivity contribution in [2.24, 2.45) is 5.41 Å². The van der Waals surface area contributed by atoms with Crippen LogP contribution in [0.5, 0.6) is 0 Å². The lowest BCUT2D eigenvalue weighted by atomic mass is 9.82. The van der Waals surface area contributed by atoms with Crippen LogP contribution in [0, 0.1) is 5.41 Å². The average Bonchev–Trinajstić information content (AvgIpc) is 3.26. The van der Waals surface area contributed by atoms with E-state index in [9.17, 15) is 0 Å². The van der Waals surface area contributed by atoms with Crippen molar-refractivity contribution in [2.75, 3.05) is 11.9 Å². The molecule has 0 radical (unpaired) electrons. The van der Waals surface area contributed by atoms with Crippen molar-refractivity contribution in [2.45, 2.75) is 63.7 Å². The van der Waals surface area contributed by atoms with Crippen molar-refractivity contribution in [1.82, 2.24) is 10.1 Å². The number of nitrogens with zero attached hydrogens (tertiary/aromatic N) is 2. The van der Waals surface area contributed by atoms with Crippen LogP contribution in [0.2, 0.25) is 0 Å². The van der Waals surface area contributed by atoms with Crippen LogP contribution < -0.4 is 5.32 Å². The Balaban J connectivity index is 1.48. The van der Waals surface area contributed by atoms with Crippen LogP contribution in [0.1, 0.15) is 64.6 Å². The van der Waals surface area contributed by atoms with Crippen LogP contribution >= 0.6 is 15.9 Å². The monoisotopic (exact) mass is 403 g/mol. The molecule has 4 rings (SSSR count). The molecule has 4 nitrogen and oxygen atoms in total. The zero-order valence-electron chi connectivity index (χ0n) is 15.2. The zero-order valence-corrected chi connectivity index (χ0v) is 16.8. The fourth-order valence-electron chi connectivity index (χ4n) is 4.49. The molecule has 0 spiro atoms. The van der Waals surface area contributed by atoms with E-state index < -0.39 is 0 Å². The molecule has 1 heterocycles. The summed E-state index contributed by atoms with van der Waals surface area (Å²) in [5, 5.41) is 7.91. The summed E-state index contributed by atoms with van der Waals surface area (Å²) in [7, 11) is 0. The quantitative estimate of drug-likeness (QED) is 0.737. The minimum absolute atomic E-state index is 0.0606. The average molecular weight is 404 g/mol. The van der Waals surface area contributed by atoms with Crippen molar-refractivity contribution < 1.29 is 4.52 Å². The van der Waals surface area contributed by atoms with E-state index in [0.29, 0.717) is 5.41 Å². The molecule has 1 N–H and O–H groups in total. The van der Waals surface area contributed by atoms with Gasteiger partial charge in [0.1, 0.15) is 0 Å². The Bertz CT molecular complexity index is 769. The van der Waals surface area contributed by atoms with Crippen molar-refractivity contribution in [1.29, 1.82) is 0 Å². The first-order valence-electron chi connectivity index (χ1n) is 9.15. The molecule has 2 saturated carbocycles. The van der Waals surface area contributed by atoms with Gasteiger partial charge < -0.3 is 9.84 Å². The summed E-state index contributed by atoms with van der Waals surface area (Å²) in [5.74, 6) is 1.70. The number of hydrogen-bond donors (Lipinski definition) is 1. The Morgan fingerprint density at radius 3 is 2.60 bits per heavy atom. The predicted molar refractivity (Wildman–Crippen MR) is 103 cm³/mol. The second kappa shape index (κ2) is 5.83. The van der Waals surface area contributed by atoms with Gasteiger partial charge in [-0.15, -0.1) is 0 Å². The molecular weight excluding hydrogens is 378 g/mol. The molecule has 2 aromatic rings. The van der Waals surface area contributed by atoms with Gasteiger partial charge in [-0.3, -0.25) is 0 Å². The molecule has 2 bridgehead atoms. The standard InChI is InChI=1S/C20H26BrN3O/c1-18(2,3)16-23-17(25-24-16)20-9-7-19(12-20,8-10-20)13-22-15-6-4-5-14(21)11-15/h4-6,11,22H,7-10,12-13H2,1-3H3. The second-order valence-electron chi connectivity index (χ2n) is 8.99. The normalized spacial score (nSPS) is 28.5. The molecule has 134 valence electrons. The maximum atomic E-state index is 5.73. The van der Waals surface area contributed by atoms with Crippen molar-refractivity contribution >= 4 is 21.6 Å². The van der Waals surface area contributed by atoms with Gasteiger partial charge in [-0.1, -0.05) is 47.9 Å². The first-order chi connectivity index (χ1) is 11.8. The van der Waals surface area contributed by atoms with Gasteiger partial charge in [-0.2, -0.15) is 4.98 Å². The van der Waals surface area contributed by atoms with E-state index in [1.54, 1.807) is 0 Å². The Kier molecular flexibility index (Phi) is 3.98. The topological polar surface area (TPSA) is 51.0 Å². The van der Waals surface area contributed by atoms with Crippen LogP contribution in [0.25, 0.3) is 0 Å². The van der Waals surface area contributed by atoms with Gasteiger partial charge in [0.15, 0.2) is 5.82 Å². The maximum Gasteiger partial charge on any atom is 0.232 e. The first kappa shape index (κ1) is 17.1. The molecule has 0 amide bonds. The van der Waals surface area contributed by atoms with Crippen LogP contribution in [-0.2, 0) is 10.8 Å². The van der Waals surface area contributed by atoms with E-state index in [2.05, 4.69) is 71.4 Å². The van der Waals surface area contributed by atoms with Crippen molar-refractivity contribution in [3.63, 3.8) is 0 Å². The summed E-state index contributed by atoms with van der Waals surface area (Å²) in [4.78, 5) is 4.79. The summed E-state index contributed by atoms with van der Waals surface area (Å²) >= 11 is 3.54. The number of fused-ring (bicyclic) bond motifs is 2. The molecule has 2 aliphatic carbocycles. The SMILES string of the molecule is CC(C)(C)c1noc(C23CCC(CNc4cccc(Br)c4)(CC2)C3)n1. The third-order valence-corrected chi connectivity index (χ3v) is 6.52. The van der Waals surface area contributed by atoms with Gasteiger partial charge in [-0.25, -0.2) is 0 Å². The van der Waals surface area contributed by atoms with Crippen LogP contribution in [0.15, 0.2) is 33.3 Å². The summed E-state index contributed by atoms with van der Waals surface area (Å²) in [6.07, 6.45) is 5.97.